The zero-order chi connectivity index (χ0) is 72.1. The minimum Gasteiger partial charge on any atom is -0.495 e. The summed E-state index contributed by atoms with van der Waals surface area (Å²) < 4.78 is 58.7. The van der Waals surface area contributed by atoms with E-state index in [1.807, 2.05) is 191 Å². The Balaban J connectivity index is 0.000000123. The maximum absolute atomic E-state index is 5.99. The third kappa shape index (κ3) is 17.1. The van der Waals surface area contributed by atoms with E-state index in [0.717, 1.165) is 101 Å². The van der Waals surface area contributed by atoms with E-state index in [1.165, 1.54) is 4.88 Å². The van der Waals surface area contributed by atoms with Gasteiger partial charge in [0.1, 0.15) is 109 Å². The van der Waals surface area contributed by atoms with Crippen LogP contribution in [0.3, 0.4) is 0 Å². The number of pyridine rings is 4. The molecule has 30 heteroatoms. The van der Waals surface area contributed by atoms with Crippen molar-refractivity contribution in [2.45, 2.75) is 108 Å². The highest BCUT2D eigenvalue weighted by molar-refractivity contribution is 7.11. The van der Waals surface area contributed by atoms with Gasteiger partial charge in [0.2, 0.25) is 35.3 Å². The molecule has 0 bridgehead atoms. The number of rotatable bonds is 22. The molecule has 0 saturated heterocycles. The molecule has 0 aliphatic rings. The smallest absolute Gasteiger partial charge is 0.242 e. The first-order chi connectivity index (χ1) is 50.6. The second-order valence-corrected chi connectivity index (χ2v) is 25.0. The monoisotopic (exact) mass is 1420 g/mol. The lowest BCUT2D eigenvalue weighted by Gasteiger charge is -2.11. The predicted molar refractivity (Wildman–Crippen MR) is 383 cm³/mol. The van der Waals surface area contributed by atoms with Gasteiger partial charge in [-0.25, -0.2) is 34.9 Å². The van der Waals surface area contributed by atoms with Crippen molar-refractivity contribution in [1.29, 1.82) is 0 Å². The molecular formula is C74H72N20O9S. The van der Waals surface area contributed by atoms with E-state index in [1.54, 1.807) is 62.7 Å². The Kier molecular flexibility index (Phi) is 21.6. The van der Waals surface area contributed by atoms with Crippen LogP contribution >= 0.6 is 11.3 Å². The van der Waals surface area contributed by atoms with Gasteiger partial charge >= 0.3 is 0 Å². The number of aryl methyl sites for hydroxylation is 8. The fourth-order valence-corrected chi connectivity index (χ4v) is 11.9. The fraction of sp³-hybridized carbons (Fsp3) is 0.243. The molecule has 0 amide bonds. The van der Waals surface area contributed by atoms with Crippen LogP contribution in [0.15, 0.2) is 173 Å². The molecule has 16 aromatic rings. The quantitative estimate of drug-likeness (QED) is 0.0608. The van der Waals surface area contributed by atoms with Gasteiger partial charge in [0.05, 0.1) is 86.2 Å². The molecule has 528 valence electrons. The Labute approximate surface area is 599 Å². The van der Waals surface area contributed by atoms with Crippen molar-refractivity contribution in [3.63, 3.8) is 0 Å². The van der Waals surface area contributed by atoms with Crippen molar-refractivity contribution in [3.8, 4) is 35.0 Å². The standard InChI is InChI=1S/2C19H19N5O3.C18H17N5O2.C18H17N5OS/c1-12-9-14(23-27-12)11-26-19-18-15(21-13(2)22-19)6-8-24(18)10-16-17(25-3)5-4-7-20-16;1-12-9-21-17(27-12)11-26-19-18-14(22-13(2)23-19)6-8-24(18)10-15-16(25-3)5-4-7-20-15;2*1-12-9-20-16(25-12)11-24-18-17-15(21-13(2)22-18)6-8-23(17)10-14-5-3-4-7-19-14/h2*4-9H,10-11H2,1-3H3;2*3-9H,10-11H2,1-2H3. The highest BCUT2D eigenvalue weighted by Crippen LogP contribution is 2.31. The van der Waals surface area contributed by atoms with Crippen LogP contribution in [0.1, 0.15) is 90.7 Å². The summed E-state index contributed by atoms with van der Waals surface area (Å²) in [5.41, 5.74) is 10.9. The van der Waals surface area contributed by atoms with E-state index in [4.69, 9.17) is 41.8 Å². The highest BCUT2D eigenvalue weighted by Gasteiger charge is 2.20. The number of aromatic nitrogens is 20. The van der Waals surface area contributed by atoms with Crippen molar-refractivity contribution in [2.24, 2.45) is 0 Å². The molecule has 0 saturated carbocycles. The number of hydrogen-bond acceptors (Lipinski definition) is 26. The number of fused-ring (bicyclic) bond motifs is 4. The van der Waals surface area contributed by atoms with Crippen molar-refractivity contribution >= 4 is 55.5 Å². The average molecular weight is 1420 g/mol. The third-order valence-corrected chi connectivity index (χ3v) is 16.6. The largest absolute Gasteiger partial charge is 0.495 e. The first-order valence-corrected chi connectivity index (χ1v) is 33.7. The molecule has 0 aromatic carbocycles. The Morgan fingerprint density at radius 2 is 0.779 bits per heavy atom. The van der Waals surface area contributed by atoms with Crippen LogP contribution in [0.2, 0.25) is 0 Å². The number of nitrogens with zero attached hydrogens (tertiary/aromatic N) is 20. The number of thiazole rings is 1. The summed E-state index contributed by atoms with van der Waals surface area (Å²) in [7, 11) is 3.27. The van der Waals surface area contributed by atoms with Gasteiger partial charge in [-0.2, -0.15) is 19.9 Å². The van der Waals surface area contributed by atoms with Crippen molar-refractivity contribution in [1.82, 2.24) is 98.2 Å². The number of hydrogen-bond donors (Lipinski definition) is 0. The van der Waals surface area contributed by atoms with Gasteiger partial charge in [-0.1, -0.05) is 17.3 Å². The van der Waals surface area contributed by atoms with Gasteiger partial charge in [0.25, 0.3) is 0 Å². The second kappa shape index (κ2) is 32.2. The molecule has 0 N–H and O–H groups in total. The normalized spacial score (nSPS) is 11.1. The Hall–Kier alpha value is -12.9. The Bertz CT molecular complexity index is 5210. The van der Waals surface area contributed by atoms with Crippen LogP contribution in [-0.2, 0) is 52.6 Å². The second-order valence-electron chi connectivity index (χ2n) is 23.6. The number of oxazole rings is 2. The lowest BCUT2D eigenvalue weighted by Crippen LogP contribution is -2.06. The average Bonchev–Trinajstić information content (AvgIpc) is 1.62. The molecule has 0 aliphatic carbocycles. The first kappa shape index (κ1) is 69.6. The summed E-state index contributed by atoms with van der Waals surface area (Å²) in [5, 5.41) is 4.89. The highest BCUT2D eigenvalue weighted by atomic mass is 32.1. The van der Waals surface area contributed by atoms with Crippen molar-refractivity contribution in [2.75, 3.05) is 14.2 Å². The van der Waals surface area contributed by atoms with Gasteiger partial charge in [0.15, 0.2) is 13.2 Å². The summed E-state index contributed by atoms with van der Waals surface area (Å²) in [6.07, 6.45) is 20.1. The van der Waals surface area contributed by atoms with E-state index < -0.39 is 0 Å². The molecule has 16 rings (SSSR count). The van der Waals surface area contributed by atoms with Gasteiger partial charge in [0, 0.05) is 66.7 Å². The number of methoxy groups -OCH3 is 2. The summed E-state index contributed by atoms with van der Waals surface area (Å²) in [5.74, 6) is 9.39. The molecule has 0 unspecified atom stereocenters. The van der Waals surface area contributed by atoms with Gasteiger partial charge in [-0.05, 0) is 128 Å². The molecule has 104 heavy (non-hydrogen) atoms. The lowest BCUT2D eigenvalue weighted by molar-refractivity contribution is 0.253. The van der Waals surface area contributed by atoms with Crippen LogP contribution in [0.25, 0.3) is 44.1 Å². The lowest BCUT2D eigenvalue weighted by atomic mass is 10.3. The van der Waals surface area contributed by atoms with Crippen LogP contribution in [0.4, 0.5) is 0 Å². The zero-order valence-electron chi connectivity index (χ0n) is 58.7. The van der Waals surface area contributed by atoms with Crippen molar-refractivity contribution in [3.05, 3.63) is 250 Å². The van der Waals surface area contributed by atoms with Crippen molar-refractivity contribution < 1.29 is 41.8 Å². The summed E-state index contributed by atoms with van der Waals surface area (Å²) in [6.45, 7) is 18.3. The molecule has 0 atom stereocenters. The molecule has 0 spiro atoms. The number of ether oxygens (including phenoxy) is 6. The van der Waals surface area contributed by atoms with E-state index in [-0.39, 0.29) is 19.8 Å². The van der Waals surface area contributed by atoms with E-state index >= 15 is 0 Å². The summed E-state index contributed by atoms with van der Waals surface area (Å²) in [6, 6.07) is 28.8. The van der Waals surface area contributed by atoms with Gasteiger partial charge < -0.3 is 60.0 Å². The predicted octanol–water partition coefficient (Wildman–Crippen LogP) is 12.7. The first-order valence-electron chi connectivity index (χ1n) is 32.9. The zero-order valence-corrected chi connectivity index (χ0v) is 59.5. The molecular weight excluding hydrogens is 1350 g/mol. The van der Waals surface area contributed by atoms with Crippen LogP contribution in [-0.4, -0.2) is 112 Å². The van der Waals surface area contributed by atoms with Gasteiger partial charge in [-0.3, -0.25) is 19.9 Å². The molecule has 0 radical (unpaired) electrons. The van der Waals surface area contributed by atoms with E-state index in [2.05, 4.69) is 84.5 Å². The summed E-state index contributed by atoms with van der Waals surface area (Å²) in [4.78, 5) is 67.3. The maximum Gasteiger partial charge on any atom is 0.242 e. The van der Waals surface area contributed by atoms with E-state index in [9.17, 15) is 0 Å². The van der Waals surface area contributed by atoms with Crippen LogP contribution in [0, 0.1) is 55.4 Å². The van der Waals surface area contributed by atoms with Gasteiger partial charge in [-0.15, -0.1) is 11.3 Å². The van der Waals surface area contributed by atoms with Crippen LogP contribution in [0.5, 0.6) is 35.0 Å². The SMILES string of the molecule is COc1cccnc1Cn1ccc2nc(C)nc(OCc3cc(C)on3)c21.COc1cccnc1Cn1ccc2nc(C)nc(OCc3ncc(C)o3)c21.Cc1nc(OCc2ncc(C)o2)c2c(ccn2Cc2ccccn2)n1.Cc1nc(OCc2ncc(C)s2)c2c(ccn2Cc2ccccn2)n1. The molecule has 29 nitrogen and oxygen atoms in total. The van der Waals surface area contributed by atoms with Crippen LogP contribution < -0.4 is 28.4 Å². The summed E-state index contributed by atoms with van der Waals surface area (Å²) >= 11 is 1.63. The molecule has 16 aromatic heterocycles. The Morgan fingerprint density at radius 3 is 1.13 bits per heavy atom. The fourth-order valence-electron chi connectivity index (χ4n) is 11.2. The minimum atomic E-state index is 0.192. The molecule has 0 aliphatic heterocycles. The minimum absolute atomic E-state index is 0.192. The third-order valence-electron chi connectivity index (χ3n) is 15.7. The van der Waals surface area contributed by atoms with E-state index in [0.29, 0.717) is 97.1 Å². The Morgan fingerprint density at radius 1 is 0.375 bits per heavy atom. The molecule has 16 heterocycles. The molecule has 0 fully saturated rings. The topological polar surface area (TPSA) is 321 Å². The maximum atomic E-state index is 5.99.